The van der Waals surface area contributed by atoms with Crippen LogP contribution in [-0.2, 0) is 0 Å². The quantitative estimate of drug-likeness (QED) is 0.608. The van der Waals surface area contributed by atoms with Crippen LogP contribution in [0.2, 0.25) is 0 Å². The number of aliphatic imine (C=N–C) groups is 1. The molecule has 1 heterocycles. The largest absolute Gasteiger partial charge is 0.339 e. The minimum absolute atomic E-state index is 0.0300. The van der Waals surface area contributed by atoms with Crippen molar-refractivity contribution >= 4 is 38.6 Å². The fourth-order valence-electron chi connectivity index (χ4n) is 4.45. The molecule has 1 aromatic carbocycles. The number of rotatable bonds is 3. The molecule has 0 unspecified atom stereocenters. The molecular formula is C21H25BrN2OS. The standard InChI is InChI=1S/C21H25BrN2OS/c22-16-10-8-15(9-11-16)19(25)14-26-20-23-18-7-3-2-6-17(18)21(24-20)12-4-1-5-13-21/h8-11H,1-7,12-14H2,(H,23,24). The molecule has 0 saturated heterocycles. The van der Waals surface area contributed by atoms with Gasteiger partial charge in [0.1, 0.15) is 0 Å². The van der Waals surface area contributed by atoms with Gasteiger partial charge in [-0.15, -0.1) is 0 Å². The van der Waals surface area contributed by atoms with Crippen molar-refractivity contribution < 1.29 is 4.79 Å². The molecule has 0 radical (unpaired) electrons. The topological polar surface area (TPSA) is 41.5 Å². The molecule has 0 atom stereocenters. The van der Waals surface area contributed by atoms with E-state index in [1.54, 1.807) is 17.3 Å². The van der Waals surface area contributed by atoms with Crippen LogP contribution in [0.15, 0.2) is 45.0 Å². The van der Waals surface area contributed by atoms with Crippen molar-refractivity contribution in [1.29, 1.82) is 0 Å². The average molecular weight is 433 g/mol. The number of Topliss-reactive ketones (excluding diaryl/α,β-unsaturated/α-hetero) is 1. The van der Waals surface area contributed by atoms with Gasteiger partial charge in [-0.3, -0.25) is 9.79 Å². The maximum absolute atomic E-state index is 12.5. The van der Waals surface area contributed by atoms with Gasteiger partial charge < -0.3 is 5.32 Å². The van der Waals surface area contributed by atoms with Crippen LogP contribution in [0.25, 0.3) is 0 Å². The third-order valence-electron chi connectivity index (χ3n) is 5.79. The number of hydrogen-bond acceptors (Lipinski definition) is 4. The molecule has 1 spiro atoms. The van der Waals surface area contributed by atoms with Crippen LogP contribution in [0.4, 0.5) is 0 Å². The lowest BCUT2D eigenvalue weighted by atomic mass is 9.72. The van der Waals surface area contributed by atoms with Crippen LogP contribution >= 0.6 is 27.7 Å². The Hall–Kier alpha value is -1.07. The summed E-state index contributed by atoms with van der Waals surface area (Å²) in [4.78, 5) is 17.7. The third kappa shape index (κ3) is 3.79. The fraction of sp³-hybridized carbons (Fsp3) is 0.524. The number of thioether (sulfide) groups is 1. The molecule has 0 bridgehead atoms. The Labute approximate surface area is 168 Å². The molecule has 1 aromatic rings. The second-order valence-electron chi connectivity index (χ2n) is 7.52. The van der Waals surface area contributed by atoms with Crippen molar-refractivity contribution in [2.24, 2.45) is 4.99 Å². The number of halogens is 1. The lowest BCUT2D eigenvalue weighted by Crippen LogP contribution is -2.43. The van der Waals surface area contributed by atoms with E-state index in [4.69, 9.17) is 4.99 Å². The fourth-order valence-corrected chi connectivity index (χ4v) is 5.58. The van der Waals surface area contributed by atoms with Gasteiger partial charge >= 0.3 is 0 Å². The number of benzene rings is 1. The van der Waals surface area contributed by atoms with Crippen molar-refractivity contribution in [2.45, 2.75) is 63.3 Å². The normalized spacial score (nSPS) is 21.8. The molecule has 0 aromatic heterocycles. The summed E-state index contributed by atoms with van der Waals surface area (Å²) in [6.07, 6.45) is 11.1. The zero-order chi connectivity index (χ0) is 18.0. The zero-order valence-corrected chi connectivity index (χ0v) is 17.4. The molecule has 138 valence electrons. The van der Waals surface area contributed by atoms with Gasteiger partial charge in [-0.05, 0) is 56.2 Å². The second kappa shape index (κ2) is 7.89. The second-order valence-corrected chi connectivity index (χ2v) is 9.40. The summed E-state index contributed by atoms with van der Waals surface area (Å²) in [5.74, 6) is 0.597. The Balaban J connectivity index is 1.49. The predicted molar refractivity (Wildman–Crippen MR) is 113 cm³/mol. The molecule has 2 aliphatic carbocycles. The Bertz CT molecular complexity index is 748. The van der Waals surface area contributed by atoms with Gasteiger partial charge in [-0.2, -0.15) is 0 Å². The summed E-state index contributed by atoms with van der Waals surface area (Å²) in [7, 11) is 0. The molecule has 1 fully saturated rings. The SMILES string of the molecule is O=C(CSC1=NC2(CCCCC2)C2=C(CCCC2)N1)c1ccc(Br)cc1. The van der Waals surface area contributed by atoms with Crippen molar-refractivity contribution in [1.82, 2.24) is 5.32 Å². The van der Waals surface area contributed by atoms with Gasteiger partial charge in [0.05, 0.1) is 11.3 Å². The maximum atomic E-state index is 12.5. The number of nitrogens with zero attached hydrogens (tertiary/aromatic N) is 1. The van der Waals surface area contributed by atoms with Gasteiger partial charge in [0.15, 0.2) is 11.0 Å². The van der Waals surface area contributed by atoms with Crippen LogP contribution < -0.4 is 5.32 Å². The molecule has 0 amide bonds. The van der Waals surface area contributed by atoms with Crippen LogP contribution in [0, 0.1) is 0 Å². The molecule has 1 saturated carbocycles. The van der Waals surface area contributed by atoms with E-state index in [9.17, 15) is 4.79 Å². The highest BCUT2D eigenvalue weighted by atomic mass is 79.9. The number of amidine groups is 1. The van der Waals surface area contributed by atoms with Crippen molar-refractivity contribution in [3.05, 3.63) is 45.6 Å². The number of hydrogen-bond donors (Lipinski definition) is 1. The monoisotopic (exact) mass is 432 g/mol. The van der Waals surface area contributed by atoms with Gasteiger partial charge in [0.2, 0.25) is 0 Å². The molecule has 1 aliphatic heterocycles. The number of ketones is 1. The molecule has 3 aliphatic rings. The van der Waals surface area contributed by atoms with E-state index in [2.05, 4.69) is 21.2 Å². The highest BCUT2D eigenvalue weighted by molar-refractivity contribution is 9.10. The first-order valence-electron chi connectivity index (χ1n) is 9.67. The molecule has 4 rings (SSSR count). The molecule has 3 nitrogen and oxygen atoms in total. The zero-order valence-electron chi connectivity index (χ0n) is 15.0. The van der Waals surface area contributed by atoms with Crippen LogP contribution in [0.5, 0.6) is 0 Å². The van der Waals surface area contributed by atoms with E-state index in [1.807, 2.05) is 24.3 Å². The molecule has 26 heavy (non-hydrogen) atoms. The van der Waals surface area contributed by atoms with Gasteiger partial charge in [-0.1, -0.05) is 59.1 Å². The highest BCUT2D eigenvalue weighted by Crippen LogP contribution is 2.45. The number of allylic oxidation sites excluding steroid dienone is 1. The van der Waals surface area contributed by atoms with Crippen molar-refractivity contribution in [3.8, 4) is 0 Å². The minimum atomic E-state index is 0.0300. The van der Waals surface area contributed by atoms with E-state index in [0.717, 1.165) is 21.6 Å². The van der Waals surface area contributed by atoms with E-state index in [0.29, 0.717) is 5.75 Å². The Kier molecular flexibility index (Phi) is 5.55. The highest BCUT2D eigenvalue weighted by Gasteiger charge is 2.40. The number of carbonyl (C=O) groups is 1. The first-order valence-corrected chi connectivity index (χ1v) is 11.5. The van der Waals surface area contributed by atoms with Crippen LogP contribution in [0.1, 0.15) is 68.1 Å². The number of carbonyl (C=O) groups excluding carboxylic acids is 1. The molecule has 1 N–H and O–H groups in total. The minimum Gasteiger partial charge on any atom is -0.339 e. The van der Waals surface area contributed by atoms with Crippen molar-refractivity contribution in [2.75, 3.05) is 5.75 Å². The lowest BCUT2D eigenvalue weighted by molar-refractivity contribution is 0.102. The first kappa shape index (κ1) is 18.3. The number of nitrogens with one attached hydrogen (secondary N) is 1. The Morgan fingerprint density at radius 3 is 2.58 bits per heavy atom. The Morgan fingerprint density at radius 1 is 1.08 bits per heavy atom. The molecule has 5 heteroatoms. The van der Waals surface area contributed by atoms with E-state index < -0.39 is 0 Å². The van der Waals surface area contributed by atoms with E-state index >= 15 is 0 Å². The average Bonchev–Trinajstić information content (AvgIpc) is 2.67. The summed E-state index contributed by atoms with van der Waals surface area (Å²) in [5.41, 5.74) is 3.78. The van der Waals surface area contributed by atoms with Gasteiger partial charge in [-0.25, -0.2) is 0 Å². The van der Waals surface area contributed by atoms with Crippen LogP contribution in [0.3, 0.4) is 0 Å². The number of fused-ring (bicyclic) bond motifs is 1. The maximum Gasteiger partial charge on any atom is 0.173 e. The summed E-state index contributed by atoms with van der Waals surface area (Å²) in [6, 6.07) is 7.61. The smallest absolute Gasteiger partial charge is 0.173 e. The van der Waals surface area contributed by atoms with Gasteiger partial charge in [0.25, 0.3) is 0 Å². The Morgan fingerprint density at radius 2 is 1.81 bits per heavy atom. The van der Waals surface area contributed by atoms with E-state index in [1.165, 1.54) is 57.1 Å². The summed E-state index contributed by atoms with van der Waals surface area (Å²) in [6.45, 7) is 0. The van der Waals surface area contributed by atoms with E-state index in [-0.39, 0.29) is 11.3 Å². The van der Waals surface area contributed by atoms with Gasteiger partial charge in [0, 0.05) is 15.7 Å². The summed E-state index contributed by atoms with van der Waals surface area (Å²) < 4.78 is 0.996. The third-order valence-corrected chi connectivity index (χ3v) is 7.19. The predicted octanol–water partition coefficient (Wildman–Crippen LogP) is 5.86. The van der Waals surface area contributed by atoms with Crippen molar-refractivity contribution in [3.63, 3.8) is 0 Å². The first-order chi connectivity index (χ1) is 12.7. The summed E-state index contributed by atoms with van der Waals surface area (Å²) >= 11 is 4.99. The summed E-state index contributed by atoms with van der Waals surface area (Å²) in [5, 5.41) is 4.53. The molecular weight excluding hydrogens is 408 g/mol. The lowest BCUT2D eigenvalue weighted by Gasteiger charge is -2.42. The van der Waals surface area contributed by atoms with Crippen LogP contribution in [-0.4, -0.2) is 22.2 Å².